The van der Waals surface area contributed by atoms with Gasteiger partial charge in [0.05, 0.1) is 29.7 Å². The van der Waals surface area contributed by atoms with Gasteiger partial charge in [-0.3, -0.25) is 9.59 Å². The van der Waals surface area contributed by atoms with Gasteiger partial charge in [0.2, 0.25) is 11.3 Å². The maximum atomic E-state index is 15.0. The van der Waals surface area contributed by atoms with Crippen molar-refractivity contribution >= 4 is 28.9 Å². The zero-order chi connectivity index (χ0) is 26.2. The third-order valence-corrected chi connectivity index (χ3v) is 5.13. The molecule has 2 amide bonds. The van der Waals surface area contributed by atoms with Gasteiger partial charge in [-0.15, -0.1) is 0 Å². The van der Waals surface area contributed by atoms with Crippen LogP contribution >= 0.6 is 0 Å². The van der Waals surface area contributed by atoms with E-state index >= 15 is 0 Å². The van der Waals surface area contributed by atoms with Crippen LogP contribution in [0.25, 0.3) is 10.9 Å². The van der Waals surface area contributed by atoms with Gasteiger partial charge < -0.3 is 14.0 Å². The lowest BCUT2D eigenvalue weighted by Gasteiger charge is -2.28. The molecule has 0 unspecified atom stereocenters. The molecule has 190 valence electrons. The summed E-state index contributed by atoms with van der Waals surface area (Å²) in [5.74, 6) is -6.76. The lowest BCUT2D eigenvalue weighted by Crippen LogP contribution is -2.47. The van der Waals surface area contributed by atoms with Gasteiger partial charge in [0.1, 0.15) is 11.2 Å². The zero-order valence-corrected chi connectivity index (χ0v) is 20.0. The average Bonchev–Trinajstić information content (AvgIpc) is 3.56. The molecule has 1 aliphatic carbocycles. The lowest BCUT2D eigenvalue weighted by molar-refractivity contribution is -0.132. The Labute approximate surface area is 198 Å². The molecular formula is C23H26F3N3O6. The minimum Gasteiger partial charge on any atom is -0.462 e. The number of benzene rings is 1. The highest BCUT2D eigenvalue weighted by Crippen LogP contribution is 2.40. The number of ether oxygens (including phenoxy) is 2. The first-order chi connectivity index (χ1) is 16.3. The first-order valence-electron chi connectivity index (χ1n) is 11.0. The molecule has 1 N–H and O–H groups in total. The molecular weight excluding hydrogens is 471 g/mol. The van der Waals surface area contributed by atoms with Gasteiger partial charge in [-0.05, 0) is 46.6 Å². The highest BCUT2D eigenvalue weighted by atomic mass is 19.2. The first-order valence-corrected chi connectivity index (χ1v) is 11.0. The van der Waals surface area contributed by atoms with E-state index in [0.29, 0.717) is 18.9 Å². The second-order valence-electron chi connectivity index (χ2n) is 9.07. The molecule has 1 saturated carbocycles. The molecule has 0 radical (unpaired) electrons. The van der Waals surface area contributed by atoms with Gasteiger partial charge >= 0.3 is 12.1 Å². The van der Waals surface area contributed by atoms with Crippen LogP contribution in [0.5, 0.6) is 0 Å². The van der Waals surface area contributed by atoms with Gasteiger partial charge in [-0.2, -0.15) is 0 Å². The predicted octanol–water partition coefficient (Wildman–Crippen LogP) is 3.72. The van der Waals surface area contributed by atoms with Gasteiger partial charge in [0.15, 0.2) is 17.5 Å². The van der Waals surface area contributed by atoms with Crippen molar-refractivity contribution in [2.75, 3.05) is 6.61 Å². The summed E-state index contributed by atoms with van der Waals surface area (Å²) in [6.45, 7) is 6.73. The smallest absolute Gasteiger partial charge is 0.426 e. The minimum absolute atomic E-state index is 0.113. The van der Waals surface area contributed by atoms with Crippen molar-refractivity contribution in [3.05, 3.63) is 45.0 Å². The van der Waals surface area contributed by atoms with E-state index in [9.17, 15) is 32.3 Å². The number of halogens is 3. The molecule has 0 bridgehead atoms. The third-order valence-electron chi connectivity index (χ3n) is 5.13. The maximum Gasteiger partial charge on any atom is 0.426 e. The van der Waals surface area contributed by atoms with E-state index in [0.717, 1.165) is 11.9 Å². The van der Waals surface area contributed by atoms with E-state index in [1.54, 1.807) is 20.8 Å². The summed E-state index contributed by atoms with van der Waals surface area (Å²) >= 11 is 0. The summed E-state index contributed by atoms with van der Waals surface area (Å²) in [4.78, 5) is 50.7. The number of pyridine rings is 1. The van der Waals surface area contributed by atoms with Gasteiger partial charge in [-0.25, -0.2) is 33.2 Å². The first kappa shape index (κ1) is 26.0. The van der Waals surface area contributed by atoms with Crippen LogP contribution in [0.4, 0.5) is 18.0 Å². The van der Waals surface area contributed by atoms with Crippen LogP contribution < -0.4 is 10.9 Å². The monoisotopic (exact) mass is 497 g/mol. The topological polar surface area (TPSA) is 107 Å². The van der Waals surface area contributed by atoms with Crippen LogP contribution in [0.1, 0.15) is 69.6 Å². The Hall–Kier alpha value is -3.57. The van der Waals surface area contributed by atoms with Gasteiger partial charge in [0, 0.05) is 13.0 Å². The molecule has 12 heteroatoms. The average molecular weight is 497 g/mol. The standard InChI is InChI=1S/C23H26F3N3O6/c1-6-34-21(32)16-15(10-28(11(2)30)27-22(33)35-23(3,4)5)29(12-7-8-12)19-13(20(16)31)9-14(24)17(25)18(19)26/h9,12H,6-8,10H2,1-5H3,(H,27,33). The van der Waals surface area contributed by atoms with Gasteiger partial charge in [-0.1, -0.05) is 0 Å². The summed E-state index contributed by atoms with van der Waals surface area (Å²) < 4.78 is 54.5. The second kappa shape index (κ2) is 9.59. The van der Waals surface area contributed by atoms with Crippen molar-refractivity contribution in [1.29, 1.82) is 0 Å². The minimum atomic E-state index is -1.78. The zero-order valence-electron chi connectivity index (χ0n) is 20.0. The van der Waals surface area contributed by atoms with Crippen molar-refractivity contribution < 1.29 is 37.0 Å². The Morgan fingerprint density at radius 1 is 1.17 bits per heavy atom. The molecule has 2 aromatic rings. The Kier molecular flexibility index (Phi) is 7.13. The quantitative estimate of drug-likeness (QED) is 0.383. The normalized spacial score (nSPS) is 13.5. The molecule has 3 rings (SSSR count). The molecule has 1 aliphatic rings. The number of hydrazine groups is 1. The third kappa shape index (κ3) is 5.41. The molecule has 0 atom stereocenters. The Bertz CT molecular complexity index is 1260. The van der Waals surface area contributed by atoms with Crippen LogP contribution in [0, 0.1) is 17.5 Å². The number of carbonyl (C=O) groups excluding carboxylic acids is 3. The molecule has 0 aliphatic heterocycles. The second-order valence-corrected chi connectivity index (χ2v) is 9.07. The highest BCUT2D eigenvalue weighted by Gasteiger charge is 2.35. The maximum absolute atomic E-state index is 15.0. The molecule has 1 aromatic carbocycles. The van der Waals surface area contributed by atoms with E-state index < -0.39 is 75.5 Å². The van der Waals surface area contributed by atoms with E-state index in [1.807, 2.05) is 0 Å². The number of hydrogen-bond donors (Lipinski definition) is 1. The molecule has 1 fully saturated rings. The highest BCUT2D eigenvalue weighted by molar-refractivity contribution is 5.96. The van der Waals surface area contributed by atoms with Crippen molar-refractivity contribution in [2.45, 2.75) is 65.6 Å². The van der Waals surface area contributed by atoms with E-state index in [2.05, 4.69) is 5.43 Å². The number of aromatic nitrogens is 1. The van der Waals surface area contributed by atoms with Crippen LogP contribution in [0.15, 0.2) is 10.9 Å². The van der Waals surface area contributed by atoms with Crippen LogP contribution in [-0.4, -0.2) is 39.8 Å². The number of fused-ring (bicyclic) bond motifs is 1. The fraction of sp³-hybridized carbons (Fsp3) is 0.478. The SMILES string of the molecule is CCOC(=O)c1c(CN(NC(=O)OC(C)(C)C)C(C)=O)n(C2CC2)c2c(F)c(F)c(F)cc2c1=O. The number of nitrogens with zero attached hydrogens (tertiary/aromatic N) is 2. The van der Waals surface area contributed by atoms with Crippen molar-refractivity contribution in [2.24, 2.45) is 0 Å². The fourth-order valence-corrected chi connectivity index (χ4v) is 3.61. The Balaban J connectivity index is 2.27. The molecule has 1 aromatic heterocycles. The number of rotatable bonds is 5. The van der Waals surface area contributed by atoms with Crippen LogP contribution in [-0.2, 0) is 20.8 Å². The van der Waals surface area contributed by atoms with Crippen molar-refractivity contribution in [3.8, 4) is 0 Å². The van der Waals surface area contributed by atoms with Crippen LogP contribution in [0.2, 0.25) is 0 Å². The lowest BCUT2D eigenvalue weighted by atomic mass is 10.1. The van der Waals surface area contributed by atoms with E-state index in [-0.39, 0.29) is 12.3 Å². The van der Waals surface area contributed by atoms with Gasteiger partial charge in [0.25, 0.3) is 0 Å². The van der Waals surface area contributed by atoms with Crippen molar-refractivity contribution in [1.82, 2.24) is 15.0 Å². The fourth-order valence-electron chi connectivity index (χ4n) is 3.61. The predicted molar refractivity (Wildman–Crippen MR) is 118 cm³/mol. The molecule has 1 heterocycles. The Morgan fingerprint density at radius 2 is 1.80 bits per heavy atom. The molecule has 0 saturated heterocycles. The number of hydrogen-bond acceptors (Lipinski definition) is 6. The summed E-state index contributed by atoms with van der Waals surface area (Å²) in [6.07, 6.45) is -0.0120. The number of carbonyl (C=O) groups is 3. The number of nitrogens with one attached hydrogen (secondary N) is 1. The summed E-state index contributed by atoms with van der Waals surface area (Å²) in [5.41, 5.74) is -1.07. The summed E-state index contributed by atoms with van der Waals surface area (Å²) in [5, 5.41) is 0.225. The number of amides is 2. The molecule has 0 spiro atoms. The van der Waals surface area contributed by atoms with E-state index in [4.69, 9.17) is 9.47 Å². The number of esters is 1. The Morgan fingerprint density at radius 3 is 2.31 bits per heavy atom. The molecule has 35 heavy (non-hydrogen) atoms. The van der Waals surface area contributed by atoms with E-state index in [1.165, 1.54) is 11.5 Å². The molecule has 9 nitrogen and oxygen atoms in total. The van der Waals surface area contributed by atoms with Crippen molar-refractivity contribution in [3.63, 3.8) is 0 Å². The summed E-state index contributed by atoms with van der Waals surface area (Å²) in [6, 6.07) is 0.0688. The summed E-state index contributed by atoms with van der Waals surface area (Å²) in [7, 11) is 0. The largest absolute Gasteiger partial charge is 0.462 e. The van der Waals surface area contributed by atoms with Crippen LogP contribution in [0.3, 0.4) is 0 Å².